The molecule has 0 N–H and O–H groups in total. The largest absolute Gasteiger partial charge is 0.467 e. The summed E-state index contributed by atoms with van der Waals surface area (Å²) < 4.78 is 6.75. The molecule has 0 aliphatic rings. The smallest absolute Gasteiger partial charge is 0.316 e. The maximum atomic E-state index is 13.1. The van der Waals surface area contributed by atoms with Crippen LogP contribution in [-0.2, 0) is 5.41 Å². The number of ether oxygens (including phenoxy) is 1. The first kappa shape index (κ1) is 20.8. The molecule has 0 fully saturated rings. The second-order valence-corrected chi connectivity index (χ2v) is 8.89. The monoisotopic (exact) mass is 437 g/mol. The fourth-order valence-electron chi connectivity index (χ4n) is 3.85. The molecule has 4 heterocycles. The minimum atomic E-state index is -0.126. The molecule has 7 nitrogen and oxygen atoms in total. The molecule has 0 atom stereocenters. The van der Waals surface area contributed by atoms with E-state index in [1.807, 2.05) is 24.3 Å². The Kier molecular flexibility index (Phi) is 4.89. The van der Waals surface area contributed by atoms with Gasteiger partial charge in [0.2, 0.25) is 0 Å². The van der Waals surface area contributed by atoms with Gasteiger partial charge in [0, 0.05) is 41.3 Å². The van der Waals surface area contributed by atoms with Gasteiger partial charge in [0.05, 0.1) is 23.8 Å². The van der Waals surface area contributed by atoms with E-state index in [1.54, 1.807) is 35.3 Å². The summed E-state index contributed by atoms with van der Waals surface area (Å²) in [6.07, 6.45) is 5.10. The fraction of sp³-hybridized carbons (Fsp3) is 0.192. The van der Waals surface area contributed by atoms with Gasteiger partial charge in [-0.15, -0.1) is 0 Å². The molecule has 33 heavy (non-hydrogen) atoms. The summed E-state index contributed by atoms with van der Waals surface area (Å²) in [4.78, 5) is 30.8. The molecule has 0 aliphatic carbocycles. The van der Waals surface area contributed by atoms with Crippen LogP contribution in [0.1, 0.15) is 26.3 Å². The van der Waals surface area contributed by atoms with Crippen molar-refractivity contribution >= 4 is 21.9 Å². The first-order chi connectivity index (χ1) is 15.8. The van der Waals surface area contributed by atoms with E-state index in [2.05, 4.69) is 47.9 Å². The Labute approximate surface area is 190 Å². The van der Waals surface area contributed by atoms with Gasteiger partial charge in [-0.05, 0) is 41.3 Å². The van der Waals surface area contributed by atoms with Gasteiger partial charge in [0.1, 0.15) is 5.52 Å². The Balaban J connectivity index is 1.76. The summed E-state index contributed by atoms with van der Waals surface area (Å²) in [7, 11) is 1.52. The molecule has 7 heteroatoms. The summed E-state index contributed by atoms with van der Waals surface area (Å²) in [6.45, 7) is 6.50. The fourth-order valence-corrected chi connectivity index (χ4v) is 3.85. The lowest BCUT2D eigenvalue weighted by Gasteiger charge is -2.20. The maximum absolute atomic E-state index is 13.1. The van der Waals surface area contributed by atoms with Gasteiger partial charge in [-0.25, -0.2) is 15.0 Å². The summed E-state index contributed by atoms with van der Waals surface area (Å²) in [5.74, 6) is 0. The molecule has 5 aromatic rings. The van der Waals surface area contributed by atoms with E-state index in [0.717, 1.165) is 16.6 Å². The minimum Gasteiger partial charge on any atom is -0.467 e. The first-order valence-electron chi connectivity index (χ1n) is 10.6. The van der Waals surface area contributed by atoms with Crippen molar-refractivity contribution in [1.82, 2.24) is 24.5 Å². The molecule has 0 amide bonds. The highest BCUT2D eigenvalue weighted by Crippen LogP contribution is 2.28. The van der Waals surface area contributed by atoms with Crippen molar-refractivity contribution in [3.05, 3.63) is 83.0 Å². The molecule has 0 spiro atoms. The van der Waals surface area contributed by atoms with Crippen molar-refractivity contribution in [3.8, 4) is 23.0 Å². The molecule has 0 saturated carbocycles. The Hall–Kier alpha value is -4.13. The number of methoxy groups -OCH3 is 1. The van der Waals surface area contributed by atoms with Crippen molar-refractivity contribution in [3.63, 3.8) is 0 Å². The number of aromatic nitrogens is 5. The summed E-state index contributed by atoms with van der Waals surface area (Å²) in [5, 5.41) is 0.831. The van der Waals surface area contributed by atoms with Gasteiger partial charge < -0.3 is 4.74 Å². The van der Waals surface area contributed by atoms with Crippen LogP contribution in [0.2, 0.25) is 0 Å². The molecule has 0 aliphatic heterocycles. The summed E-state index contributed by atoms with van der Waals surface area (Å²) in [5.41, 5.74) is 5.36. The molecule has 0 saturated heterocycles. The number of hydrogen-bond donors (Lipinski definition) is 0. The van der Waals surface area contributed by atoms with Gasteiger partial charge >= 0.3 is 6.01 Å². The van der Waals surface area contributed by atoms with Gasteiger partial charge in [-0.2, -0.15) is 0 Å². The van der Waals surface area contributed by atoms with Crippen LogP contribution in [-0.4, -0.2) is 31.6 Å². The first-order valence-corrected chi connectivity index (χ1v) is 10.6. The third-order valence-electron chi connectivity index (χ3n) is 5.66. The van der Waals surface area contributed by atoms with Crippen LogP contribution in [0.3, 0.4) is 0 Å². The predicted octanol–water partition coefficient (Wildman–Crippen LogP) is 4.70. The normalized spacial score (nSPS) is 11.8. The molecular weight excluding hydrogens is 414 g/mol. The third-order valence-corrected chi connectivity index (χ3v) is 5.66. The van der Waals surface area contributed by atoms with Gasteiger partial charge in [-0.3, -0.25) is 14.3 Å². The zero-order chi connectivity index (χ0) is 23.2. The van der Waals surface area contributed by atoms with Crippen molar-refractivity contribution < 1.29 is 4.74 Å². The van der Waals surface area contributed by atoms with Gasteiger partial charge in [0.15, 0.2) is 0 Å². The number of fused-ring (bicyclic) bond motifs is 3. The van der Waals surface area contributed by atoms with Crippen LogP contribution in [0.5, 0.6) is 6.01 Å². The number of hydrogen-bond acceptors (Lipinski definition) is 6. The third kappa shape index (κ3) is 3.71. The highest BCUT2D eigenvalue weighted by atomic mass is 16.5. The van der Waals surface area contributed by atoms with Gasteiger partial charge in [-0.1, -0.05) is 32.9 Å². The van der Waals surface area contributed by atoms with E-state index in [4.69, 9.17) is 9.72 Å². The number of benzene rings is 1. The van der Waals surface area contributed by atoms with E-state index in [9.17, 15) is 4.79 Å². The average Bonchev–Trinajstić information content (AvgIpc) is 2.83. The van der Waals surface area contributed by atoms with Crippen LogP contribution in [0.15, 0.2) is 71.9 Å². The topological polar surface area (TPSA) is 82.8 Å². The molecule has 4 aromatic heterocycles. The predicted molar refractivity (Wildman–Crippen MR) is 129 cm³/mol. The Morgan fingerprint density at radius 1 is 0.848 bits per heavy atom. The van der Waals surface area contributed by atoms with Crippen LogP contribution >= 0.6 is 0 Å². The standard InChI is InChI=1S/C26H23N5O2/c1-26(2,3)18-6-8-19(9-7-18)31-22(32)12-5-16-13-27-21-11-10-20(30-23(21)24(16)31)17-14-28-25(33-4)29-15-17/h5-15H,1-4H3. The molecule has 5 rings (SSSR count). The zero-order valence-corrected chi connectivity index (χ0v) is 18.9. The lowest BCUT2D eigenvalue weighted by molar-refractivity contribution is 0.380. The second kappa shape index (κ2) is 7.78. The van der Waals surface area contributed by atoms with E-state index in [0.29, 0.717) is 28.3 Å². The lowest BCUT2D eigenvalue weighted by atomic mass is 9.87. The van der Waals surface area contributed by atoms with E-state index in [1.165, 1.54) is 12.7 Å². The van der Waals surface area contributed by atoms with Crippen LogP contribution in [0.4, 0.5) is 0 Å². The maximum Gasteiger partial charge on any atom is 0.316 e. The lowest BCUT2D eigenvalue weighted by Crippen LogP contribution is -2.18. The summed E-state index contributed by atoms with van der Waals surface area (Å²) in [6, 6.07) is 15.5. The van der Waals surface area contributed by atoms with Gasteiger partial charge in [0.25, 0.3) is 5.56 Å². The Bertz CT molecular complexity index is 1530. The molecule has 1 aromatic carbocycles. The number of pyridine rings is 3. The van der Waals surface area contributed by atoms with Crippen molar-refractivity contribution in [1.29, 1.82) is 0 Å². The van der Waals surface area contributed by atoms with Crippen LogP contribution in [0, 0.1) is 0 Å². The Morgan fingerprint density at radius 2 is 1.58 bits per heavy atom. The average molecular weight is 438 g/mol. The second-order valence-electron chi connectivity index (χ2n) is 8.89. The van der Waals surface area contributed by atoms with E-state index < -0.39 is 0 Å². The molecule has 0 radical (unpaired) electrons. The molecular formula is C26H23N5O2. The van der Waals surface area contributed by atoms with Crippen molar-refractivity contribution in [2.75, 3.05) is 7.11 Å². The molecule has 164 valence electrons. The zero-order valence-electron chi connectivity index (χ0n) is 18.9. The van der Waals surface area contributed by atoms with Crippen LogP contribution < -0.4 is 10.3 Å². The van der Waals surface area contributed by atoms with E-state index >= 15 is 0 Å². The quantitative estimate of drug-likeness (QED) is 0.381. The van der Waals surface area contributed by atoms with Crippen molar-refractivity contribution in [2.45, 2.75) is 26.2 Å². The molecule has 0 unspecified atom stereocenters. The minimum absolute atomic E-state index is 0.0236. The molecule has 0 bridgehead atoms. The highest BCUT2D eigenvalue weighted by Gasteiger charge is 2.16. The number of nitrogens with zero attached hydrogens (tertiary/aromatic N) is 5. The highest BCUT2D eigenvalue weighted by molar-refractivity contribution is 6.02. The SMILES string of the molecule is COc1ncc(-c2ccc3ncc4ccc(=O)n(-c5ccc(C(C)(C)C)cc5)c4c3n2)cn1. The Morgan fingerprint density at radius 3 is 2.24 bits per heavy atom. The van der Waals surface area contributed by atoms with Crippen LogP contribution in [0.25, 0.3) is 38.9 Å². The number of rotatable bonds is 3. The van der Waals surface area contributed by atoms with Crippen molar-refractivity contribution in [2.24, 2.45) is 0 Å². The summed E-state index contributed by atoms with van der Waals surface area (Å²) >= 11 is 0. The van der Waals surface area contributed by atoms with E-state index in [-0.39, 0.29) is 11.0 Å².